The highest BCUT2D eigenvalue weighted by Gasteiger charge is 2.30. The van der Waals surface area contributed by atoms with Crippen molar-refractivity contribution in [2.24, 2.45) is 0 Å². The van der Waals surface area contributed by atoms with Gasteiger partial charge in [-0.1, -0.05) is 12.1 Å². The van der Waals surface area contributed by atoms with Crippen LogP contribution in [-0.4, -0.2) is 15.8 Å². The van der Waals surface area contributed by atoms with E-state index >= 15 is 0 Å². The Labute approximate surface area is 199 Å². The third-order valence-corrected chi connectivity index (χ3v) is 5.25. The molecule has 0 aliphatic rings. The quantitative estimate of drug-likeness (QED) is 0.201. The maximum absolute atomic E-state index is 14.0. The Hall–Kier alpha value is -4.61. The Morgan fingerprint density at radius 1 is 0.833 bits per heavy atom. The molecule has 0 aliphatic heterocycles. The molecule has 0 saturated carbocycles. The van der Waals surface area contributed by atoms with Crippen LogP contribution in [0.2, 0.25) is 0 Å². The Kier molecular flexibility index (Phi) is 6.77. The van der Waals surface area contributed by atoms with Crippen molar-refractivity contribution in [3.63, 3.8) is 0 Å². The fraction of sp³-hybridized carbons (Fsp3) is 0.0833. The standard InChI is InChI=1S/C24H15F5N4O3/c25-14-5-6-20-17(7-14)21(24(34)31-11-13-2-4-16(27)9-19(13)29)22(33(35)36)23(32-20)30-10-12-1-3-15(26)8-18(12)28/h1-9H,10-11H2,(H,30,32)(H,31,34). The molecule has 1 heterocycles. The highest BCUT2D eigenvalue weighted by Crippen LogP contribution is 2.34. The second-order valence-corrected chi connectivity index (χ2v) is 7.61. The molecule has 4 aromatic rings. The van der Waals surface area contributed by atoms with Gasteiger partial charge in [-0.2, -0.15) is 0 Å². The first-order valence-electron chi connectivity index (χ1n) is 10.3. The Morgan fingerprint density at radius 3 is 1.97 bits per heavy atom. The smallest absolute Gasteiger partial charge is 0.324 e. The summed E-state index contributed by atoms with van der Waals surface area (Å²) in [4.78, 5) is 28.2. The van der Waals surface area contributed by atoms with E-state index in [9.17, 15) is 36.9 Å². The summed E-state index contributed by atoms with van der Waals surface area (Å²) in [6.45, 7) is -0.806. The average Bonchev–Trinajstić information content (AvgIpc) is 2.81. The molecular weight excluding hydrogens is 487 g/mol. The summed E-state index contributed by atoms with van der Waals surface area (Å²) in [6, 6.07) is 8.53. The molecule has 2 N–H and O–H groups in total. The minimum atomic E-state index is -1.06. The number of aromatic nitrogens is 1. The number of nitrogens with zero attached hydrogens (tertiary/aromatic N) is 2. The van der Waals surface area contributed by atoms with Crippen LogP contribution in [0, 0.1) is 39.2 Å². The summed E-state index contributed by atoms with van der Waals surface area (Å²) in [5.41, 5.74) is -1.55. The predicted molar refractivity (Wildman–Crippen MR) is 120 cm³/mol. The van der Waals surface area contributed by atoms with Crippen molar-refractivity contribution >= 4 is 28.3 Å². The van der Waals surface area contributed by atoms with Crippen LogP contribution in [0.15, 0.2) is 54.6 Å². The van der Waals surface area contributed by atoms with Gasteiger partial charge in [-0.05, 0) is 30.3 Å². The predicted octanol–water partition coefficient (Wildman–Crippen LogP) is 5.38. The van der Waals surface area contributed by atoms with Gasteiger partial charge >= 0.3 is 5.69 Å². The number of nitrogens with one attached hydrogen (secondary N) is 2. The number of fused-ring (bicyclic) bond motifs is 1. The molecule has 3 aromatic carbocycles. The van der Waals surface area contributed by atoms with E-state index in [1.807, 2.05) is 0 Å². The molecule has 0 fully saturated rings. The minimum absolute atomic E-state index is 0.00203. The van der Waals surface area contributed by atoms with Crippen LogP contribution in [0.25, 0.3) is 10.9 Å². The second kappa shape index (κ2) is 9.94. The average molecular weight is 502 g/mol. The van der Waals surface area contributed by atoms with E-state index in [0.717, 1.165) is 36.4 Å². The molecule has 0 saturated heterocycles. The lowest BCUT2D eigenvalue weighted by molar-refractivity contribution is -0.384. The molecule has 4 rings (SSSR count). The van der Waals surface area contributed by atoms with Gasteiger partial charge in [0.25, 0.3) is 5.91 Å². The lowest BCUT2D eigenvalue weighted by Crippen LogP contribution is -2.25. The van der Waals surface area contributed by atoms with Gasteiger partial charge in [-0.3, -0.25) is 14.9 Å². The number of hydrogen-bond acceptors (Lipinski definition) is 5. The van der Waals surface area contributed by atoms with Gasteiger partial charge in [-0.15, -0.1) is 0 Å². The van der Waals surface area contributed by atoms with E-state index in [1.165, 1.54) is 6.07 Å². The molecule has 0 unspecified atom stereocenters. The van der Waals surface area contributed by atoms with Gasteiger partial charge in [0.05, 0.1) is 10.4 Å². The van der Waals surface area contributed by atoms with E-state index in [4.69, 9.17) is 0 Å². The second-order valence-electron chi connectivity index (χ2n) is 7.61. The van der Waals surface area contributed by atoms with Gasteiger partial charge < -0.3 is 10.6 Å². The maximum Gasteiger partial charge on any atom is 0.324 e. The Morgan fingerprint density at radius 2 is 1.39 bits per heavy atom. The monoisotopic (exact) mass is 502 g/mol. The zero-order valence-corrected chi connectivity index (χ0v) is 18.1. The van der Waals surface area contributed by atoms with Crippen LogP contribution >= 0.6 is 0 Å². The number of carbonyl (C=O) groups is 1. The van der Waals surface area contributed by atoms with E-state index in [0.29, 0.717) is 12.1 Å². The van der Waals surface area contributed by atoms with Gasteiger partial charge in [0.15, 0.2) is 0 Å². The molecule has 0 bridgehead atoms. The summed E-state index contributed by atoms with van der Waals surface area (Å²) >= 11 is 0. The van der Waals surface area contributed by atoms with Crippen molar-refractivity contribution in [3.8, 4) is 0 Å². The van der Waals surface area contributed by atoms with E-state index < -0.39 is 63.5 Å². The van der Waals surface area contributed by atoms with Crippen LogP contribution in [0.5, 0.6) is 0 Å². The van der Waals surface area contributed by atoms with Crippen molar-refractivity contribution in [2.45, 2.75) is 13.1 Å². The first-order chi connectivity index (χ1) is 17.1. The normalized spacial score (nSPS) is 10.9. The molecule has 0 radical (unpaired) electrons. The molecule has 12 heteroatoms. The van der Waals surface area contributed by atoms with Crippen LogP contribution in [0.3, 0.4) is 0 Å². The van der Waals surface area contributed by atoms with Gasteiger partial charge in [0.1, 0.15) is 34.6 Å². The number of rotatable bonds is 7. The third kappa shape index (κ3) is 5.06. The van der Waals surface area contributed by atoms with Crippen LogP contribution in [0.4, 0.5) is 33.5 Å². The number of pyridine rings is 1. The summed E-state index contributed by atoms with van der Waals surface area (Å²) in [6.07, 6.45) is 0. The van der Waals surface area contributed by atoms with Gasteiger partial charge in [0, 0.05) is 41.7 Å². The molecule has 1 amide bonds. The Bertz CT molecular complexity index is 1510. The van der Waals surface area contributed by atoms with Gasteiger partial charge in [-0.25, -0.2) is 26.9 Å². The van der Waals surface area contributed by atoms with Gasteiger partial charge in [0.2, 0.25) is 5.82 Å². The van der Waals surface area contributed by atoms with Crippen molar-refractivity contribution in [2.75, 3.05) is 5.32 Å². The van der Waals surface area contributed by atoms with Crippen LogP contribution < -0.4 is 10.6 Å². The number of benzene rings is 3. The molecule has 36 heavy (non-hydrogen) atoms. The first-order valence-corrected chi connectivity index (χ1v) is 10.3. The maximum atomic E-state index is 14.0. The van der Waals surface area contributed by atoms with E-state index in [2.05, 4.69) is 15.6 Å². The van der Waals surface area contributed by atoms with E-state index in [-0.39, 0.29) is 28.6 Å². The lowest BCUT2D eigenvalue weighted by Gasteiger charge is -2.14. The SMILES string of the molecule is O=C(NCc1ccc(F)cc1F)c1c([N+](=O)[O-])c(NCc2ccc(F)cc2F)nc2ccc(F)cc12. The van der Waals surface area contributed by atoms with E-state index in [1.54, 1.807) is 0 Å². The number of anilines is 1. The first kappa shape index (κ1) is 24.5. The summed E-state index contributed by atoms with van der Waals surface area (Å²) in [5, 5.41) is 16.7. The number of halogens is 5. The number of carbonyl (C=O) groups excluding carboxylic acids is 1. The molecular formula is C24H15F5N4O3. The largest absolute Gasteiger partial charge is 0.360 e. The molecule has 7 nitrogen and oxygen atoms in total. The number of amides is 1. The van der Waals surface area contributed by atoms with Crippen molar-refractivity contribution in [1.82, 2.24) is 10.3 Å². The van der Waals surface area contributed by atoms with Crippen molar-refractivity contribution in [3.05, 3.63) is 110 Å². The highest BCUT2D eigenvalue weighted by molar-refractivity contribution is 6.11. The Balaban J connectivity index is 1.76. The molecule has 184 valence electrons. The third-order valence-electron chi connectivity index (χ3n) is 5.25. The van der Waals surface area contributed by atoms with Crippen molar-refractivity contribution < 1.29 is 31.7 Å². The fourth-order valence-electron chi connectivity index (χ4n) is 3.53. The zero-order valence-electron chi connectivity index (χ0n) is 18.1. The minimum Gasteiger partial charge on any atom is -0.360 e. The summed E-state index contributed by atoms with van der Waals surface area (Å²) < 4.78 is 68.4. The summed E-state index contributed by atoms with van der Waals surface area (Å²) in [5.74, 6) is -5.79. The van der Waals surface area contributed by atoms with Crippen LogP contribution in [-0.2, 0) is 13.1 Å². The number of hydrogen-bond donors (Lipinski definition) is 2. The summed E-state index contributed by atoms with van der Waals surface area (Å²) in [7, 11) is 0. The van der Waals surface area contributed by atoms with Crippen molar-refractivity contribution in [1.29, 1.82) is 0 Å². The number of nitro groups is 1. The molecule has 0 atom stereocenters. The van der Waals surface area contributed by atoms with Crippen LogP contribution in [0.1, 0.15) is 21.5 Å². The fourth-order valence-corrected chi connectivity index (χ4v) is 3.53. The molecule has 0 spiro atoms. The molecule has 0 aliphatic carbocycles. The lowest BCUT2D eigenvalue weighted by atomic mass is 10.0. The highest BCUT2D eigenvalue weighted by atomic mass is 19.1. The topological polar surface area (TPSA) is 97.2 Å². The zero-order chi connectivity index (χ0) is 26.0. The molecule has 1 aromatic heterocycles.